The van der Waals surface area contributed by atoms with Crippen LogP contribution in [0, 0.1) is 0 Å². The first-order chi connectivity index (χ1) is 12.7. The summed E-state index contributed by atoms with van der Waals surface area (Å²) in [5, 5.41) is 14.2. The lowest BCUT2D eigenvalue weighted by molar-refractivity contribution is -0.120. The normalized spacial score (nSPS) is 18.3. The summed E-state index contributed by atoms with van der Waals surface area (Å²) in [6.45, 7) is 0. The highest BCUT2D eigenvalue weighted by Gasteiger charge is 2.40. The zero-order valence-electron chi connectivity index (χ0n) is 14.4. The summed E-state index contributed by atoms with van der Waals surface area (Å²) >= 11 is 0. The van der Waals surface area contributed by atoms with Gasteiger partial charge in [-0.3, -0.25) is 4.79 Å². The fraction of sp³-hybridized carbons (Fsp3) is 0.263. The zero-order chi connectivity index (χ0) is 17.9. The molecule has 1 aliphatic rings. The van der Waals surface area contributed by atoms with E-state index >= 15 is 0 Å². The molecule has 0 radical (unpaired) electrons. The second-order valence-electron chi connectivity index (χ2n) is 6.36. The van der Waals surface area contributed by atoms with Crippen molar-refractivity contribution in [2.24, 2.45) is 0 Å². The van der Waals surface area contributed by atoms with Crippen LogP contribution in [-0.4, -0.2) is 39.3 Å². The van der Waals surface area contributed by atoms with Crippen molar-refractivity contribution in [1.29, 1.82) is 0 Å². The number of nitrogens with one attached hydrogen (secondary N) is 1. The van der Waals surface area contributed by atoms with Gasteiger partial charge in [0.25, 0.3) is 0 Å². The van der Waals surface area contributed by atoms with Gasteiger partial charge in [0, 0.05) is 12.0 Å². The molecule has 1 heterocycles. The number of tetrazole rings is 1. The van der Waals surface area contributed by atoms with E-state index in [0.717, 1.165) is 29.0 Å². The Labute approximate surface area is 151 Å². The number of hydrogen-bond donors (Lipinski definition) is 1. The molecule has 2 aromatic carbocycles. The Morgan fingerprint density at radius 1 is 1.23 bits per heavy atom. The molecule has 4 rings (SSSR count). The maximum Gasteiger partial charge on any atom is 0.224 e. The molecule has 1 amide bonds. The van der Waals surface area contributed by atoms with E-state index in [1.54, 1.807) is 11.8 Å². The monoisotopic (exact) mass is 349 g/mol. The molecule has 1 aromatic heterocycles. The van der Waals surface area contributed by atoms with Crippen LogP contribution in [0.5, 0.6) is 5.75 Å². The average Bonchev–Trinajstić information content (AvgIpc) is 3.19. The number of benzene rings is 2. The Bertz CT molecular complexity index is 893. The second-order valence-corrected chi connectivity index (χ2v) is 6.36. The first kappa shape index (κ1) is 16.3. The molecule has 1 fully saturated rings. The fourth-order valence-corrected chi connectivity index (χ4v) is 3.16. The fourth-order valence-electron chi connectivity index (χ4n) is 3.16. The van der Waals surface area contributed by atoms with Gasteiger partial charge in [0.15, 0.2) is 0 Å². The molecule has 26 heavy (non-hydrogen) atoms. The van der Waals surface area contributed by atoms with Gasteiger partial charge < -0.3 is 10.1 Å². The quantitative estimate of drug-likeness (QED) is 0.735. The lowest BCUT2D eigenvalue weighted by atomic mass is 10.1. The van der Waals surface area contributed by atoms with Gasteiger partial charge in [-0.05, 0) is 46.2 Å². The SMILES string of the molecule is COc1ccccc1C1CC1NC(=O)Cc1ccc(-n2cnnn2)cc1. The number of carbonyl (C=O) groups is 1. The van der Waals surface area contributed by atoms with Crippen LogP contribution in [-0.2, 0) is 11.2 Å². The van der Waals surface area contributed by atoms with Gasteiger partial charge in [0.1, 0.15) is 12.1 Å². The molecule has 0 spiro atoms. The standard InChI is InChI=1S/C19H19N5O2/c1-26-18-5-3-2-4-15(18)16-11-17(16)21-19(25)10-13-6-8-14(9-7-13)24-12-20-22-23-24/h2-9,12,16-17H,10-11H2,1H3,(H,21,25). The van der Waals surface area contributed by atoms with Crippen LogP contribution in [0.1, 0.15) is 23.5 Å². The number of para-hydroxylation sites is 1. The van der Waals surface area contributed by atoms with E-state index in [0.29, 0.717) is 12.3 Å². The predicted octanol–water partition coefficient (Wildman–Crippen LogP) is 1.89. The van der Waals surface area contributed by atoms with Crippen molar-refractivity contribution in [2.45, 2.75) is 24.8 Å². The summed E-state index contributed by atoms with van der Waals surface area (Å²) < 4.78 is 6.98. The van der Waals surface area contributed by atoms with Crippen LogP contribution in [0.2, 0.25) is 0 Å². The number of ether oxygens (including phenoxy) is 1. The third-order valence-corrected chi connectivity index (χ3v) is 4.59. The van der Waals surface area contributed by atoms with Crippen LogP contribution in [0.15, 0.2) is 54.9 Å². The van der Waals surface area contributed by atoms with Crippen molar-refractivity contribution in [3.05, 3.63) is 66.0 Å². The Hall–Kier alpha value is -3.22. The molecule has 7 heteroatoms. The third-order valence-electron chi connectivity index (χ3n) is 4.59. The van der Waals surface area contributed by atoms with Gasteiger partial charge >= 0.3 is 0 Å². The smallest absolute Gasteiger partial charge is 0.224 e. The largest absolute Gasteiger partial charge is 0.496 e. The van der Waals surface area contributed by atoms with Crippen LogP contribution in [0.25, 0.3) is 5.69 Å². The topological polar surface area (TPSA) is 81.9 Å². The molecular formula is C19H19N5O2. The maximum atomic E-state index is 12.3. The minimum atomic E-state index is 0.0302. The number of aromatic nitrogens is 4. The van der Waals surface area contributed by atoms with E-state index in [2.05, 4.69) is 26.9 Å². The van der Waals surface area contributed by atoms with Gasteiger partial charge in [-0.2, -0.15) is 0 Å². The molecule has 0 aliphatic heterocycles. The van der Waals surface area contributed by atoms with Crippen molar-refractivity contribution in [3.63, 3.8) is 0 Å². The Balaban J connectivity index is 1.34. The van der Waals surface area contributed by atoms with E-state index in [-0.39, 0.29) is 11.9 Å². The molecule has 2 unspecified atom stereocenters. The molecule has 132 valence electrons. The van der Waals surface area contributed by atoms with Gasteiger partial charge in [0.05, 0.1) is 19.2 Å². The average molecular weight is 349 g/mol. The summed E-state index contributed by atoms with van der Waals surface area (Å²) in [6, 6.07) is 15.8. The first-order valence-electron chi connectivity index (χ1n) is 8.49. The van der Waals surface area contributed by atoms with Gasteiger partial charge in [-0.15, -0.1) is 5.10 Å². The van der Waals surface area contributed by atoms with E-state index in [1.165, 1.54) is 6.33 Å². The van der Waals surface area contributed by atoms with Gasteiger partial charge in [0.2, 0.25) is 5.91 Å². The molecule has 7 nitrogen and oxygen atoms in total. The van der Waals surface area contributed by atoms with Crippen LogP contribution in [0.3, 0.4) is 0 Å². The van der Waals surface area contributed by atoms with Gasteiger partial charge in [-0.1, -0.05) is 30.3 Å². The predicted molar refractivity (Wildman–Crippen MR) is 95.1 cm³/mol. The highest BCUT2D eigenvalue weighted by Crippen LogP contribution is 2.44. The summed E-state index contributed by atoms with van der Waals surface area (Å²) in [7, 11) is 1.67. The second kappa shape index (κ2) is 6.95. The Kier molecular flexibility index (Phi) is 4.35. The van der Waals surface area contributed by atoms with Crippen molar-refractivity contribution in [1.82, 2.24) is 25.5 Å². The Morgan fingerprint density at radius 2 is 2.04 bits per heavy atom. The summed E-state index contributed by atoms with van der Waals surface area (Å²) in [6.07, 6.45) is 2.84. The lowest BCUT2D eigenvalue weighted by Crippen LogP contribution is -2.28. The van der Waals surface area contributed by atoms with Crippen LogP contribution >= 0.6 is 0 Å². The van der Waals surface area contributed by atoms with Gasteiger partial charge in [-0.25, -0.2) is 4.68 Å². The molecule has 0 bridgehead atoms. The number of methoxy groups -OCH3 is 1. The van der Waals surface area contributed by atoms with E-state index < -0.39 is 0 Å². The molecule has 2 atom stereocenters. The minimum absolute atomic E-state index is 0.0302. The lowest BCUT2D eigenvalue weighted by Gasteiger charge is -2.09. The number of carbonyl (C=O) groups excluding carboxylic acids is 1. The van der Waals surface area contributed by atoms with E-state index in [9.17, 15) is 4.79 Å². The number of hydrogen-bond acceptors (Lipinski definition) is 5. The zero-order valence-corrected chi connectivity index (χ0v) is 14.4. The first-order valence-corrected chi connectivity index (χ1v) is 8.49. The molecular weight excluding hydrogens is 330 g/mol. The third kappa shape index (κ3) is 3.42. The summed E-state index contributed by atoms with van der Waals surface area (Å²) in [5.41, 5.74) is 2.97. The van der Waals surface area contributed by atoms with Crippen molar-refractivity contribution >= 4 is 5.91 Å². The number of nitrogens with zero attached hydrogens (tertiary/aromatic N) is 4. The highest BCUT2D eigenvalue weighted by molar-refractivity contribution is 5.79. The maximum absolute atomic E-state index is 12.3. The molecule has 1 saturated carbocycles. The van der Waals surface area contributed by atoms with Crippen molar-refractivity contribution in [3.8, 4) is 11.4 Å². The molecule has 1 aliphatic carbocycles. The van der Waals surface area contributed by atoms with Crippen molar-refractivity contribution in [2.75, 3.05) is 7.11 Å². The molecule has 1 N–H and O–H groups in total. The van der Waals surface area contributed by atoms with Crippen molar-refractivity contribution < 1.29 is 9.53 Å². The van der Waals surface area contributed by atoms with E-state index in [4.69, 9.17) is 4.74 Å². The highest BCUT2D eigenvalue weighted by atomic mass is 16.5. The van der Waals surface area contributed by atoms with Crippen LogP contribution in [0.4, 0.5) is 0 Å². The summed E-state index contributed by atoms with van der Waals surface area (Å²) in [4.78, 5) is 12.3. The number of amides is 1. The molecule has 3 aromatic rings. The van der Waals surface area contributed by atoms with E-state index in [1.807, 2.05) is 42.5 Å². The Morgan fingerprint density at radius 3 is 2.77 bits per heavy atom. The summed E-state index contributed by atoms with van der Waals surface area (Å²) in [5.74, 6) is 1.24. The number of rotatable bonds is 6. The minimum Gasteiger partial charge on any atom is -0.496 e. The van der Waals surface area contributed by atoms with Crippen LogP contribution < -0.4 is 10.1 Å². The molecule has 0 saturated heterocycles.